The molecule has 2 atom stereocenters. The van der Waals surface area contributed by atoms with Crippen LogP contribution in [0.5, 0.6) is 0 Å². The summed E-state index contributed by atoms with van der Waals surface area (Å²) >= 11 is 0. The Hall–Kier alpha value is -1.04. The lowest BCUT2D eigenvalue weighted by atomic mass is 10.0. The normalized spacial score (nSPS) is 24.4. The van der Waals surface area contributed by atoms with Gasteiger partial charge >= 0.3 is 0 Å². The van der Waals surface area contributed by atoms with Crippen molar-refractivity contribution in [2.75, 3.05) is 26.2 Å². The Morgan fingerprint density at radius 3 is 2.52 bits per heavy atom. The van der Waals surface area contributed by atoms with Gasteiger partial charge in [-0.1, -0.05) is 6.92 Å². The van der Waals surface area contributed by atoms with Crippen molar-refractivity contribution in [3.63, 3.8) is 0 Å². The average Bonchev–Trinajstić information content (AvgIpc) is 2.73. The minimum Gasteiger partial charge on any atom is -0.389 e. The molecule has 0 bridgehead atoms. The van der Waals surface area contributed by atoms with Gasteiger partial charge < -0.3 is 15.3 Å². The van der Waals surface area contributed by atoms with Crippen LogP contribution in [0.25, 0.3) is 0 Å². The molecule has 3 nitrogen and oxygen atoms in total. The van der Waals surface area contributed by atoms with Crippen LogP contribution in [0.15, 0.2) is 18.2 Å². The highest BCUT2D eigenvalue weighted by molar-refractivity contribution is 5.21. The first-order valence-electron chi connectivity index (χ1n) is 7.54. The summed E-state index contributed by atoms with van der Waals surface area (Å²) in [7, 11) is 0. The summed E-state index contributed by atoms with van der Waals surface area (Å²) in [6.45, 7) is 6.87. The van der Waals surface area contributed by atoms with Crippen LogP contribution in [0.1, 0.15) is 38.3 Å². The second kappa shape index (κ2) is 6.81. The first-order chi connectivity index (χ1) is 9.89. The summed E-state index contributed by atoms with van der Waals surface area (Å²) < 4.78 is 26.7. The smallest absolute Gasteiger partial charge is 0.126 e. The third kappa shape index (κ3) is 4.73. The molecule has 1 saturated heterocycles. The van der Waals surface area contributed by atoms with Crippen molar-refractivity contribution in [2.24, 2.45) is 0 Å². The molecular weight excluding hydrogens is 274 g/mol. The quantitative estimate of drug-likeness (QED) is 0.847. The monoisotopic (exact) mass is 298 g/mol. The number of hydrogen-bond acceptors (Lipinski definition) is 3. The largest absolute Gasteiger partial charge is 0.389 e. The highest BCUT2D eigenvalue weighted by Gasteiger charge is 2.31. The molecule has 0 radical (unpaired) electrons. The van der Waals surface area contributed by atoms with Gasteiger partial charge in [-0.05, 0) is 44.0 Å². The first kappa shape index (κ1) is 16.3. The molecule has 2 N–H and O–H groups in total. The van der Waals surface area contributed by atoms with E-state index in [1.54, 1.807) is 0 Å². The Labute approximate surface area is 125 Å². The Bertz CT molecular complexity index is 459. The zero-order chi connectivity index (χ0) is 15.5. The van der Waals surface area contributed by atoms with Crippen molar-refractivity contribution in [2.45, 2.75) is 38.3 Å². The van der Waals surface area contributed by atoms with Crippen LogP contribution < -0.4 is 5.32 Å². The molecular formula is C16H24F2N2O. The maximum atomic E-state index is 13.4. The van der Waals surface area contributed by atoms with Gasteiger partial charge in [0.15, 0.2) is 0 Å². The van der Waals surface area contributed by atoms with Crippen LogP contribution in [0.4, 0.5) is 8.78 Å². The number of halogens is 2. The fraction of sp³-hybridized carbons (Fsp3) is 0.625. The van der Waals surface area contributed by atoms with Gasteiger partial charge in [-0.25, -0.2) is 8.78 Å². The third-order valence-corrected chi connectivity index (χ3v) is 4.00. The zero-order valence-electron chi connectivity index (χ0n) is 12.7. The Kier molecular flexibility index (Phi) is 5.30. The van der Waals surface area contributed by atoms with Crippen LogP contribution in [0, 0.1) is 11.6 Å². The van der Waals surface area contributed by atoms with Crippen molar-refractivity contribution < 1.29 is 13.9 Å². The topological polar surface area (TPSA) is 35.5 Å². The summed E-state index contributed by atoms with van der Waals surface area (Å²) in [6, 6.07) is 3.59. The summed E-state index contributed by atoms with van der Waals surface area (Å²) in [6.07, 6.45) is 1.53. The molecule has 0 amide bonds. The summed E-state index contributed by atoms with van der Waals surface area (Å²) in [4.78, 5) is 2.19. The van der Waals surface area contributed by atoms with Crippen molar-refractivity contribution in [1.29, 1.82) is 0 Å². The van der Waals surface area contributed by atoms with Crippen molar-refractivity contribution >= 4 is 0 Å². The van der Waals surface area contributed by atoms with Crippen LogP contribution in [0.2, 0.25) is 0 Å². The minimum absolute atomic E-state index is 0.0780. The van der Waals surface area contributed by atoms with Crippen molar-refractivity contribution in [3.05, 3.63) is 35.4 Å². The van der Waals surface area contributed by atoms with E-state index >= 15 is 0 Å². The molecule has 0 spiro atoms. The second-order valence-electron chi connectivity index (χ2n) is 6.12. The van der Waals surface area contributed by atoms with E-state index in [-0.39, 0.29) is 6.04 Å². The Morgan fingerprint density at radius 2 is 2.00 bits per heavy atom. The standard InChI is InChI=1S/C16H24F2N2O/c1-3-19-15(12-8-13(17)10-14(18)9-12)4-6-20-7-5-16(2,21)11-20/h8-10,15,19,21H,3-7,11H2,1-2H3. The molecule has 1 aliphatic heterocycles. The number of nitrogens with one attached hydrogen (secondary N) is 1. The van der Waals surface area contributed by atoms with Crippen molar-refractivity contribution in [1.82, 2.24) is 10.2 Å². The van der Waals surface area contributed by atoms with E-state index in [0.717, 1.165) is 38.5 Å². The molecule has 1 fully saturated rings. The summed E-state index contributed by atoms with van der Waals surface area (Å²) in [5.74, 6) is -1.09. The van der Waals surface area contributed by atoms with Crippen LogP contribution >= 0.6 is 0 Å². The van der Waals surface area contributed by atoms with E-state index in [4.69, 9.17) is 0 Å². The number of aliphatic hydroxyl groups is 1. The second-order valence-corrected chi connectivity index (χ2v) is 6.12. The number of nitrogens with zero attached hydrogens (tertiary/aromatic N) is 1. The lowest BCUT2D eigenvalue weighted by molar-refractivity contribution is 0.0683. The highest BCUT2D eigenvalue weighted by Crippen LogP contribution is 2.24. The predicted octanol–water partition coefficient (Wildman–Crippen LogP) is 2.46. The van der Waals surface area contributed by atoms with Gasteiger partial charge in [0.1, 0.15) is 11.6 Å². The van der Waals surface area contributed by atoms with Gasteiger partial charge in [-0.3, -0.25) is 0 Å². The molecule has 0 aliphatic carbocycles. The predicted molar refractivity (Wildman–Crippen MR) is 79.1 cm³/mol. The fourth-order valence-electron chi connectivity index (χ4n) is 2.95. The third-order valence-electron chi connectivity index (χ3n) is 4.00. The minimum atomic E-state index is -0.612. The van der Waals surface area contributed by atoms with E-state index < -0.39 is 17.2 Å². The van der Waals surface area contributed by atoms with E-state index in [9.17, 15) is 13.9 Å². The Morgan fingerprint density at radius 1 is 1.33 bits per heavy atom. The van der Waals surface area contributed by atoms with Crippen LogP contribution in [-0.2, 0) is 0 Å². The molecule has 2 rings (SSSR count). The van der Waals surface area contributed by atoms with Gasteiger partial charge in [-0.2, -0.15) is 0 Å². The van der Waals surface area contributed by atoms with Gasteiger partial charge in [0.25, 0.3) is 0 Å². The summed E-state index contributed by atoms with van der Waals surface area (Å²) in [5, 5.41) is 13.2. The highest BCUT2D eigenvalue weighted by atomic mass is 19.1. The lowest BCUT2D eigenvalue weighted by Crippen LogP contribution is -2.32. The Balaban J connectivity index is 1.99. The molecule has 118 valence electrons. The molecule has 1 aromatic rings. The van der Waals surface area contributed by atoms with E-state index in [1.165, 1.54) is 12.1 Å². The number of hydrogen-bond donors (Lipinski definition) is 2. The van der Waals surface area contributed by atoms with Crippen LogP contribution in [0.3, 0.4) is 0 Å². The maximum absolute atomic E-state index is 13.4. The molecule has 1 aliphatic rings. The fourth-order valence-corrected chi connectivity index (χ4v) is 2.95. The van der Waals surface area contributed by atoms with E-state index in [1.807, 2.05) is 13.8 Å². The number of β-amino-alcohol motifs (C(OH)–C–C–N with tert-alkyl or cyclic N) is 1. The first-order valence-corrected chi connectivity index (χ1v) is 7.54. The molecule has 5 heteroatoms. The van der Waals surface area contributed by atoms with Gasteiger partial charge in [0.2, 0.25) is 0 Å². The molecule has 1 heterocycles. The van der Waals surface area contributed by atoms with Crippen LogP contribution in [-0.4, -0.2) is 41.8 Å². The van der Waals surface area contributed by atoms with Gasteiger partial charge in [0, 0.05) is 31.7 Å². The number of likely N-dealkylation sites (tertiary alicyclic amines) is 1. The van der Waals surface area contributed by atoms with Gasteiger partial charge in [-0.15, -0.1) is 0 Å². The average molecular weight is 298 g/mol. The molecule has 0 aromatic heterocycles. The number of rotatable bonds is 6. The molecule has 21 heavy (non-hydrogen) atoms. The van der Waals surface area contributed by atoms with Crippen molar-refractivity contribution in [3.8, 4) is 0 Å². The molecule has 0 saturated carbocycles. The van der Waals surface area contributed by atoms with Gasteiger partial charge in [0.05, 0.1) is 5.60 Å². The SMILES string of the molecule is CCNC(CCN1CCC(C)(O)C1)c1cc(F)cc(F)c1. The lowest BCUT2D eigenvalue weighted by Gasteiger charge is -2.23. The van der Waals surface area contributed by atoms with E-state index in [2.05, 4.69) is 10.2 Å². The molecule has 2 unspecified atom stereocenters. The maximum Gasteiger partial charge on any atom is 0.126 e. The molecule has 1 aromatic carbocycles. The zero-order valence-corrected chi connectivity index (χ0v) is 12.7. The summed E-state index contributed by atoms with van der Waals surface area (Å²) in [5.41, 5.74) is 0.0267. The van der Waals surface area contributed by atoms with E-state index in [0.29, 0.717) is 12.1 Å². The number of benzene rings is 1.